The molecule has 0 aromatic rings. The molecule has 0 aromatic heterocycles. The average molecular weight is 258 g/mol. The van der Waals surface area contributed by atoms with Gasteiger partial charge < -0.3 is 10.2 Å². The summed E-state index contributed by atoms with van der Waals surface area (Å²) >= 11 is 1.96. The first-order valence-electron chi connectivity index (χ1n) is 6.93. The quantitative estimate of drug-likeness (QED) is 0.789. The van der Waals surface area contributed by atoms with Gasteiger partial charge in [0.1, 0.15) is 0 Å². The molecule has 1 saturated heterocycles. The molecule has 0 saturated carbocycles. The van der Waals surface area contributed by atoms with E-state index in [0.717, 1.165) is 6.04 Å². The number of hydrogen-bond donors (Lipinski definition) is 1. The Balaban J connectivity index is 2.50. The Bertz CT molecular complexity index is 218. The highest BCUT2D eigenvalue weighted by atomic mass is 32.2. The molecule has 0 bridgehead atoms. The number of piperidine rings is 1. The first-order valence-corrected chi connectivity index (χ1v) is 8.33. The van der Waals surface area contributed by atoms with E-state index in [1.165, 1.54) is 38.1 Å². The molecule has 1 N–H and O–H groups in total. The number of nitrogens with zero attached hydrogens (tertiary/aromatic N) is 1. The fourth-order valence-electron chi connectivity index (χ4n) is 2.77. The molecule has 0 spiro atoms. The summed E-state index contributed by atoms with van der Waals surface area (Å²) in [5, 5.41) is 3.71. The lowest BCUT2D eigenvalue weighted by Gasteiger charge is -2.42. The van der Waals surface area contributed by atoms with Crippen LogP contribution >= 0.6 is 11.8 Å². The smallest absolute Gasteiger partial charge is 0.0246 e. The van der Waals surface area contributed by atoms with Gasteiger partial charge in [-0.1, -0.05) is 20.8 Å². The standard InChI is InChI=1S/C14H30N2S/c1-6-12(11-17-5)16(4)10-13-14(2,3)8-7-9-15-13/h12-13,15H,6-11H2,1-5H3. The van der Waals surface area contributed by atoms with Crippen LogP contribution < -0.4 is 5.32 Å². The second-order valence-electron chi connectivity index (χ2n) is 6.06. The SMILES string of the molecule is CCC(CSC)N(C)CC1NCCCC1(C)C. The topological polar surface area (TPSA) is 15.3 Å². The molecule has 1 rings (SSSR count). The van der Waals surface area contributed by atoms with E-state index < -0.39 is 0 Å². The third-order valence-corrected chi connectivity index (χ3v) is 4.97. The highest BCUT2D eigenvalue weighted by Gasteiger charge is 2.33. The lowest BCUT2D eigenvalue weighted by molar-refractivity contribution is 0.122. The van der Waals surface area contributed by atoms with E-state index >= 15 is 0 Å². The zero-order valence-corrected chi connectivity index (χ0v) is 13.1. The van der Waals surface area contributed by atoms with Crippen molar-refractivity contribution < 1.29 is 0 Å². The van der Waals surface area contributed by atoms with Gasteiger partial charge in [0.15, 0.2) is 0 Å². The summed E-state index contributed by atoms with van der Waals surface area (Å²) < 4.78 is 0. The summed E-state index contributed by atoms with van der Waals surface area (Å²) in [6.45, 7) is 9.50. The minimum atomic E-state index is 0.449. The Morgan fingerprint density at radius 1 is 1.47 bits per heavy atom. The lowest BCUT2D eigenvalue weighted by Crippen LogP contribution is -2.54. The maximum atomic E-state index is 3.71. The second kappa shape index (κ2) is 7.01. The number of rotatable bonds is 6. The van der Waals surface area contributed by atoms with Gasteiger partial charge in [-0.3, -0.25) is 0 Å². The van der Waals surface area contributed by atoms with Crippen molar-refractivity contribution in [3.05, 3.63) is 0 Å². The summed E-state index contributed by atoms with van der Waals surface area (Å²) in [5.41, 5.74) is 0.449. The molecule has 3 heteroatoms. The maximum Gasteiger partial charge on any atom is 0.0246 e. The van der Waals surface area contributed by atoms with Crippen molar-refractivity contribution in [1.82, 2.24) is 10.2 Å². The largest absolute Gasteiger partial charge is 0.312 e. The van der Waals surface area contributed by atoms with E-state index in [9.17, 15) is 0 Å². The van der Waals surface area contributed by atoms with Crippen molar-refractivity contribution in [3.63, 3.8) is 0 Å². The van der Waals surface area contributed by atoms with Crippen LogP contribution in [0.3, 0.4) is 0 Å². The molecular weight excluding hydrogens is 228 g/mol. The lowest BCUT2D eigenvalue weighted by atomic mass is 9.77. The van der Waals surface area contributed by atoms with Crippen LogP contribution in [-0.4, -0.2) is 49.1 Å². The summed E-state index contributed by atoms with van der Waals surface area (Å²) in [6, 6.07) is 1.38. The van der Waals surface area contributed by atoms with Crippen molar-refractivity contribution in [3.8, 4) is 0 Å². The molecule has 1 aliphatic rings. The molecule has 0 aromatic carbocycles. The van der Waals surface area contributed by atoms with Gasteiger partial charge in [-0.2, -0.15) is 11.8 Å². The van der Waals surface area contributed by atoms with Crippen molar-refractivity contribution in [1.29, 1.82) is 0 Å². The van der Waals surface area contributed by atoms with E-state index in [1.54, 1.807) is 0 Å². The monoisotopic (exact) mass is 258 g/mol. The zero-order valence-electron chi connectivity index (χ0n) is 12.3. The van der Waals surface area contributed by atoms with E-state index in [2.05, 4.69) is 44.3 Å². The van der Waals surface area contributed by atoms with Crippen LogP contribution in [0.2, 0.25) is 0 Å². The van der Waals surface area contributed by atoms with Crippen LogP contribution in [0.25, 0.3) is 0 Å². The molecule has 2 atom stereocenters. The highest BCUT2D eigenvalue weighted by Crippen LogP contribution is 2.30. The van der Waals surface area contributed by atoms with E-state index in [0.29, 0.717) is 11.5 Å². The van der Waals surface area contributed by atoms with E-state index in [1.807, 2.05) is 11.8 Å². The maximum absolute atomic E-state index is 3.71. The normalized spacial score (nSPS) is 26.1. The third-order valence-electron chi connectivity index (χ3n) is 4.26. The van der Waals surface area contributed by atoms with Gasteiger partial charge in [-0.05, 0) is 44.5 Å². The van der Waals surface area contributed by atoms with Crippen molar-refractivity contribution in [2.24, 2.45) is 5.41 Å². The van der Waals surface area contributed by atoms with Crippen LogP contribution in [0.5, 0.6) is 0 Å². The zero-order chi connectivity index (χ0) is 12.9. The van der Waals surface area contributed by atoms with Crippen molar-refractivity contribution in [2.75, 3.05) is 32.1 Å². The molecule has 1 fully saturated rings. The molecule has 0 radical (unpaired) electrons. The average Bonchev–Trinajstić information content (AvgIpc) is 2.28. The molecule has 0 aliphatic carbocycles. The fourth-order valence-corrected chi connectivity index (χ4v) is 3.64. The minimum absolute atomic E-state index is 0.449. The third kappa shape index (κ3) is 4.46. The highest BCUT2D eigenvalue weighted by molar-refractivity contribution is 7.98. The molecular formula is C14H30N2S. The first-order chi connectivity index (χ1) is 8.01. The van der Waals surface area contributed by atoms with Crippen LogP contribution in [0.15, 0.2) is 0 Å². The summed E-state index contributed by atoms with van der Waals surface area (Å²) in [5.74, 6) is 1.25. The minimum Gasteiger partial charge on any atom is -0.312 e. The summed E-state index contributed by atoms with van der Waals surface area (Å²) in [7, 11) is 2.29. The van der Waals surface area contributed by atoms with Gasteiger partial charge in [0.05, 0.1) is 0 Å². The van der Waals surface area contributed by atoms with Crippen molar-refractivity contribution in [2.45, 2.75) is 52.1 Å². The van der Waals surface area contributed by atoms with Crippen LogP contribution in [0.1, 0.15) is 40.0 Å². The van der Waals surface area contributed by atoms with Crippen LogP contribution in [-0.2, 0) is 0 Å². The van der Waals surface area contributed by atoms with Gasteiger partial charge in [0, 0.05) is 24.4 Å². The second-order valence-corrected chi connectivity index (χ2v) is 6.97. The molecule has 1 heterocycles. The molecule has 1 aliphatic heterocycles. The molecule has 0 amide bonds. The molecule has 2 nitrogen and oxygen atoms in total. The number of nitrogens with one attached hydrogen (secondary N) is 1. The van der Waals surface area contributed by atoms with E-state index in [4.69, 9.17) is 0 Å². The molecule has 102 valence electrons. The van der Waals surface area contributed by atoms with Crippen molar-refractivity contribution >= 4 is 11.8 Å². The molecule has 2 unspecified atom stereocenters. The Labute approximate surface area is 112 Å². The number of likely N-dealkylation sites (N-methyl/N-ethyl adjacent to an activating group) is 1. The van der Waals surface area contributed by atoms with Gasteiger partial charge in [-0.15, -0.1) is 0 Å². The van der Waals surface area contributed by atoms with Gasteiger partial charge in [-0.25, -0.2) is 0 Å². The van der Waals surface area contributed by atoms with Crippen LogP contribution in [0.4, 0.5) is 0 Å². The summed E-state index contributed by atoms with van der Waals surface area (Å²) in [4.78, 5) is 2.56. The van der Waals surface area contributed by atoms with Gasteiger partial charge in [0.2, 0.25) is 0 Å². The Morgan fingerprint density at radius 2 is 2.18 bits per heavy atom. The fraction of sp³-hybridized carbons (Fsp3) is 1.00. The van der Waals surface area contributed by atoms with Gasteiger partial charge in [0.25, 0.3) is 0 Å². The van der Waals surface area contributed by atoms with Gasteiger partial charge >= 0.3 is 0 Å². The predicted molar refractivity (Wildman–Crippen MR) is 79.9 cm³/mol. The van der Waals surface area contributed by atoms with Crippen LogP contribution in [0, 0.1) is 5.41 Å². The Hall–Kier alpha value is 0.270. The first kappa shape index (κ1) is 15.3. The Morgan fingerprint density at radius 3 is 2.71 bits per heavy atom. The summed E-state index contributed by atoms with van der Waals surface area (Å²) in [6.07, 6.45) is 6.15. The number of thioether (sulfide) groups is 1. The molecule has 17 heavy (non-hydrogen) atoms. The number of hydrogen-bond acceptors (Lipinski definition) is 3. The predicted octanol–water partition coefficient (Wildman–Crippen LogP) is 2.84. The van der Waals surface area contributed by atoms with E-state index in [-0.39, 0.29) is 0 Å². The Kier molecular flexibility index (Phi) is 6.32.